The summed E-state index contributed by atoms with van der Waals surface area (Å²) in [7, 11) is 0. The Labute approximate surface area is 179 Å². The SMILES string of the molecule is NC=NC(=O)c1cccc(OCc2cccc(-c3cccc(C(=O)N=C(N)N)c3)c2)c1. The van der Waals surface area contributed by atoms with Crippen LogP contribution in [0.1, 0.15) is 26.3 Å². The molecule has 0 atom stereocenters. The van der Waals surface area contributed by atoms with Gasteiger partial charge >= 0.3 is 0 Å². The third-order valence-corrected chi connectivity index (χ3v) is 4.28. The van der Waals surface area contributed by atoms with Gasteiger partial charge in [-0.05, 0) is 53.1 Å². The normalized spacial score (nSPS) is 10.6. The number of hydrogen-bond acceptors (Lipinski definition) is 3. The monoisotopic (exact) mass is 415 g/mol. The van der Waals surface area contributed by atoms with Crippen LogP contribution in [-0.2, 0) is 6.61 Å². The number of rotatable bonds is 6. The zero-order chi connectivity index (χ0) is 22.2. The predicted molar refractivity (Wildman–Crippen MR) is 120 cm³/mol. The number of ether oxygens (including phenoxy) is 1. The van der Waals surface area contributed by atoms with Crippen LogP contribution in [0.2, 0.25) is 0 Å². The summed E-state index contributed by atoms with van der Waals surface area (Å²) in [6.07, 6.45) is 0.960. The lowest BCUT2D eigenvalue weighted by Gasteiger charge is -2.09. The molecule has 31 heavy (non-hydrogen) atoms. The molecule has 0 aliphatic carbocycles. The molecule has 0 saturated heterocycles. The maximum absolute atomic E-state index is 12.1. The van der Waals surface area contributed by atoms with Crippen LogP contribution < -0.4 is 21.9 Å². The summed E-state index contributed by atoms with van der Waals surface area (Å²) in [6, 6.07) is 21.4. The minimum atomic E-state index is -0.505. The largest absolute Gasteiger partial charge is 0.489 e. The zero-order valence-corrected chi connectivity index (χ0v) is 16.6. The molecule has 3 rings (SSSR count). The third kappa shape index (κ3) is 5.77. The number of nitrogens with zero attached hydrogens (tertiary/aromatic N) is 2. The Morgan fingerprint density at radius 3 is 2.19 bits per heavy atom. The molecule has 156 valence electrons. The Bertz CT molecular complexity index is 1170. The van der Waals surface area contributed by atoms with E-state index >= 15 is 0 Å². The number of hydrogen-bond donors (Lipinski definition) is 3. The molecule has 0 bridgehead atoms. The van der Waals surface area contributed by atoms with E-state index < -0.39 is 11.8 Å². The summed E-state index contributed by atoms with van der Waals surface area (Å²) < 4.78 is 5.82. The van der Waals surface area contributed by atoms with Gasteiger partial charge in [0.1, 0.15) is 12.4 Å². The lowest BCUT2D eigenvalue weighted by atomic mass is 10.0. The number of nitrogens with two attached hydrogens (primary N) is 3. The fourth-order valence-electron chi connectivity index (χ4n) is 2.88. The van der Waals surface area contributed by atoms with Gasteiger partial charge in [0.2, 0.25) is 0 Å². The smallest absolute Gasteiger partial charge is 0.280 e. The van der Waals surface area contributed by atoms with Crippen LogP contribution in [0.5, 0.6) is 5.75 Å². The van der Waals surface area contributed by atoms with E-state index in [1.807, 2.05) is 30.3 Å². The van der Waals surface area contributed by atoms with Crippen LogP contribution in [0.15, 0.2) is 82.8 Å². The van der Waals surface area contributed by atoms with Crippen molar-refractivity contribution in [2.24, 2.45) is 27.2 Å². The van der Waals surface area contributed by atoms with Crippen LogP contribution in [0.4, 0.5) is 0 Å². The van der Waals surface area contributed by atoms with Crippen LogP contribution in [-0.4, -0.2) is 24.1 Å². The number of amides is 2. The molecular formula is C23H21N5O3. The van der Waals surface area contributed by atoms with Gasteiger partial charge in [0.15, 0.2) is 5.96 Å². The Hall–Kier alpha value is -4.46. The lowest BCUT2D eigenvalue weighted by Crippen LogP contribution is -2.24. The maximum Gasteiger partial charge on any atom is 0.280 e. The summed E-state index contributed by atoms with van der Waals surface area (Å²) in [5.74, 6) is -0.691. The first-order valence-electron chi connectivity index (χ1n) is 9.31. The van der Waals surface area contributed by atoms with Crippen molar-refractivity contribution in [3.63, 3.8) is 0 Å². The third-order valence-electron chi connectivity index (χ3n) is 4.28. The molecule has 0 aliphatic rings. The topological polar surface area (TPSA) is 146 Å². The predicted octanol–water partition coefficient (Wildman–Crippen LogP) is 2.47. The molecule has 0 unspecified atom stereocenters. The van der Waals surface area contributed by atoms with Crippen molar-refractivity contribution in [3.05, 3.63) is 89.5 Å². The van der Waals surface area contributed by atoms with Gasteiger partial charge in [0.25, 0.3) is 11.8 Å². The molecule has 8 heteroatoms. The van der Waals surface area contributed by atoms with Crippen molar-refractivity contribution >= 4 is 24.1 Å². The van der Waals surface area contributed by atoms with Crippen molar-refractivity contribution in [1.82, 2.24) is 0 Å². The van der Waals surface area contributed by atoms with E-state index in [2.05, 4.69) is 9.98 Å². The minimum absolute atomic E-state index is 0.282. The van der Waals surface area contributed by atoms with Crippen molar-refractivity contribution in [1.29, 1.82) is 0 Å². The number of carbonyl (C=O) groups is 2. The average Bonchev–Trinajstić information content (AvgIpc) is 2.78. The van der Waals surface area contributed by atoms with Crippen LogP contribution in [0, 0.1) is 0 Å². The molecule has 0 heterocycles. The van der Waals surface area contributed by atoms with Gasteiger partial charge in [-0.15, -0.1) is 0 Å². The van der Waals surface area contributed by atoms with Gasteiger partial charge in [0.05, 0.1) is 6.34 Å². The molecular weight excluding hydrogens is 394 g/mol. The number of benzene rings is 3. The first kappa shape index (κ1) is 21.3. The van der Waals surface area contributed by atoms with E-state index in [1.165, 1.54) is 0 Å². The van der Waals surface area contributed by atoms with E-state index in [1.54, 1.807) is 42.5 Å². The second-order valence-corrected chi connectivity index (χ2v) is 6.52. The van der Waals surface area contributed by atoms with E-state index in [-0.39, 0.29) is 12.6 Å². The second-order valence-electron chi connectivity index (χ2n) is 6.52. The Morgan fingerprint density at radius 2 is 1.48 bits per heavy atom. The molecule has 0 fully saturated rings. The number of carbonyl (C=O) groups excluding carboxylic acids is 2. The van der Waals surface area contributed by atoms with Crippen molar-refractivity contribution in [2.75, 3.05) is 0 Å². The van der Waals surface area contributed by atoms with Gasteiger partial charge in [0, 0.05) is 11.1 Å². The van der Waals surface area contributed by atoms with E-state index in [9.17, 15) is 9.59 Å². The molecule has 6 N–H and O–H groups in total. The summed E-state index contributed by atoms with van der Waals surface area (Å²) in [6.45, 7) is 0.290. The minimum Gasteiger partial charge on any atom is -0.489 e. The summed E-state index contributed by atoms with van der Waals surface area (Å²) in [5.41, 5.74) is 19.2. The summed E-state index contributed by atoms with van der Waals surface area (Å²) >= 11 is 0. The van der Waals surface area contributed by atoms with Crippen molar-refractivity contribution < 1.29 is 14.3 Å². The number of aliphatic imine (C=N–C) groups is 2. The highest BCUT2D eigenvalue weighted by Gasteiger charge is 2.08. The summed E-state index contributed by atoms with van der Waals surface area (Å²) in [4.78, 5) is 31.0. The van der Waals surface area contributed by atoms with Crippen molar-refractivity contribution in [3.8, 4) is 16.9 Å². The van der Waals surface area contributed by atoms with Gasteiger partial charge in [-0.2, -0.15) is 9.98 Å². The highest BCUT2D eigenvalue weighted by Crippen LogP contribution is 2.23. The molecule has 0 spiro atoms. The molecule has 8 nitrogen and oxygen atoms in total. The van der Waals surface area contributed by atoms with Crippen LogP contribution in [0.25, 0.3) is 11.1 Å². The van der Waals surface area contributed by atoms with Gasteiger partial charge in [-0.3, -0.25) is 9.59 Å². The van der Waals surface area contributed by atoms with E-state index in [4.69, 9.17) is 21.9 Å². The molecule has 2 amide bonds. The first-order chi connectivity index (χ1) is 15.0. The molecule has 0 aliphatic heterocycles. The average molecular weight is 415 g/mol. The molecule has 3 aromatic rings. The molecule has 3 aromatic carbocycles. The fraction of sp³-hybridized carbons (Fsp3) is 0.0435. The maximum atomic E-state index is 12.1. The molecule has 0 saturated carbocycles. The van der Waals surface area contributed by atoms with E-state index in [0.717, 1.165) is 23.0 Å². The van der Waals surface area contributed by atoms with Gasteiger partial charge < -0.3 is 21.9 Å². The standard InChI is InChI=1S/C23H21N5O3/c24-14-27-21(29)19-8-3-9-20(12-19)31-13-15-4-1-5-16(10-15)17-6-2-7-18(11-17)22(30)28-23(25)26/h1-12,14H,13H2,(H2,24,27,29)(H4,25,26,28,30). The van der Waals surface area contributed by atoms with Crippen LogP contribution >= 0.6 is 0 Å². The zero-order valence-electron chi connectivity index (χ0n) is 16.6. The first-order valence-corrected chi connectivity index (χ1v) is 9.31. The fourth-order valence-corrected chi connectivity index (χ4v) is 2.88. The van der Waals surface area contributed by atoms with Crippen molar-refractivity contribution in [2.45, 2.75) is 6.61 Å². The Balaban J connectivity index is 1.76. The Morgan fingerprint density at radius 1 is 0.839 bits per heavy atom. The lowest BCUT2D eigenvalue weighted by molar-refractivity contribution is 0.0994. The van der Waals surface area contributed by atoms with Crippen LogP contribution in [0.3, 0.4) is 0 Å². The number of guanidine groups is 1. The highest BCUT2D eigenvalue weighted by molar-refractivity contribution is 6.02. The quantitative estimate of drug-likeness (QED) is 0.416. The van der Waals surface area contributed by atoms with Gasteiger partial charge in [-0.1, -0.05) is 36.4 Å². The Kier molecular flexibility index (Phi) is 6.74. The van der Waals surface area contributed by atoms with E-state index in [0.29, 0.717) is 16.9 Å². The van der Waals surface area contributed by atoms with Gasteiger partial charge in [-0.25, -0.2) is 0 Å². The molecule has 0 aromatic heterocycles. The second kappa shape index (κ2) is 9.84. The molecule has 0 radical (unpaired) electrons. The highest BCUT2D eigenvalue weighted by atomic mass is 16.5. The summed E-state index contributed by atoms with van der Waals surface area (Å²) in [5, 5.41) is 0.